The molecule has 0 saturated carbocycles. The van der Waals surface area contributed by atoms with Gasteiger partial charge in [-0.15, -0.1) is 10.2 Å². The van der Waals surface area contributed by atoms with Crippen molar-refractivity contribution in [3.8, 4) is 5.75 Å². The summed E-state index contributed by atoms with van der Waals surface area (Å²) in [5, 5.41) is 10.3. The molecule has 0 aliphatic rings. The van der Waals surface area contributed by atoms with E-state index in [2.05, 4.69) is 20.9 Å². The Bertz CT molecular complexity index is 583. The molecule has 0 fully saturated rings. The molecule has 0 aliphatic heterocycles. The maximum absolute atomic E-state index is 11.8. The number of rotatable bonds is 6. The zero-order valence-corrected chi connectivity index (χ0v) is 11.7. The molecule has 1 aromatic heterocycles. The van der Waals surface area contributed by atoms with Crippen LogP contribution in [0.2, 0.25) is 0 Å². The number of amides is 1. The molecule has 4 N–H and O–H groups in total. The Morgan fingerprint density at radius 1 is 1.19 bits per heavy atom. The predicted octanol–water partition coefficient (Wildman–Crippen LogP) is 0.743. The highest BCUT2D eigenvalue weighted by atomic mass is 16.5. The van der Waals surface area contributed by atoms with Crippen molar-refractivity contribution in [3.05, 3.63) is 47.7 Å². The molecular formula is C14H17N5O2. The number of anilines is 1. The monoisotopic (exact) mass is 287 g/mol. The van der Waals surface area contributed by atoms with E-state index in [0.717, 1.165) is 17.7 Å². The molecule has 0 spiro atoms. The molecular weight excluding hydrogens is 270 g/mol. The van der Waals surface area contributed by atoms with Crippen LogP contribution in [0.15, 0.2) is 36.4 Å². The van der Waals surface area contributed by atoms with Crippen molar-refractivity contribution in [3.63, 3.8) is 0 Å². The van der Waals surface area contributed by atoms with Gasteiger partial charge < -0.3 is 15.5 Å². The molecule has 21 heavy (non-hydrogen) atoms. The van der Waals surface area contributed by atoms with E-state index in [-0.39, 0.29) is 11.6 Å². The van der Waals surface area contributed by atoms with Crippen LogP contribution in [-0.4, -0.2) is 29.8 Å². The lowest BCUT2D eigenvalue weighted by atomic mass is 10.1. The van der Waals surface area contributed by atoms with E-state index in [1.807, 2.05) is 24.3 Å². The third-order valence-electron chi connectivity index (χ3n) is 2.90. The Morgan fingerprint density at radius 2 is 1.95 bits per heavy atom. The first-order chi connectivity index (χ1) is 10.2. The molecule has 2 rings (SSSR count). The molecule has 110 valence electrons. The fourth-order valence-corrected chi connectivity index (χ4v) is 1.73. The van der Waals surface area contributed by atoms with Gasteiger partial charge in [0.05, 0.1) is 7.11 Å². The number of nitrogens with zero attached hydrogens (tertiary/aromatic N) is 2. The second-order valence-electron chi connectivity index (χ2n) is 4.30. The van der Waals surface area contributed by atoms with Gasteiger partial charge >= 0.3 is 0 Å². The number of methoxy groups -OCH3 is 1. The molecule has 0 bridgehead atoms. The number of nitrogens with two attached hydrogens (primary N) is 1. The van der Waals surface area contributed by atoms with E-state index in [9.17, 15) is 4.79 Å². The van der Waals surface area contributed by atoms with E-state index in [4.69, 9.17) is 10.6 Å². The van der Waals surface area contributed by atoms with E-state index >= 15 is 0 Å². The highest BCUT2D eigenvalue weighted by Gasteiger charge is 2.07. The van der Waals surface area contributed by atoms with Gasteiger partial charge in [0.1, 0.15) is 5.75 Å². The predicted molar refractivity (Wildman–Crippen MR) is 78.9 cm³/mol. The van der Waals surface area contributed by atoms with E-state index in [1.165, 1.54) is 0 Å². The van der Waals surface area contributed by atoms with Crippen molar-refractivity contribution in [2.24, 2.45) is 5.84 Å². The van der Waals surface area contributed by atoms with Crippen LogP contribution in [-0.2, 0) is 6.42 Å². The molecule has 0 unspecified atom stereocenters. The maximum atomic E-state index is 11.8. The number of hydrogen-bond acceptors (Lipinski definition) is 6. The van der Waals surface area contributed by atoms with Crippen LogP contribution in [0.5, 0.6) is 5.75 Å². The number of benzene rings is 1. The molecule has 0 radical (unpaired) electrons. The van der Waals surface area contributed by atoms with Crippen molar-refractivity contribution < 1.29 is 9.53 Å². The molecule has 1 aromatic carbocycles. The van der Waals surface area contributed by atoms with Gasteiger partial charge in [-0.25, -0.2) is 5.84 Å². The zero-order valence-electron chi connectivity index (χ0n) is 11.7. The molecule has 0 saturated heterocycles. The Labute approximate surface area is 122 Å². The Balaban J connectivity index is 1.82. The standard InChI is InChI=1S/C14H17N5O2/c1-21-11-4-2-10(3-5-11)8-9-16-14(20)12-6-7-13(17-15)19-18-12/h2-7H,8-9,15H2,1H3,(H,16,20)(H,17,19). The van der Waals surface area contributed by atoms with Gasteiger partial charge in [-0.1, -0.05) is 12.1 Å². The zero-order chi connectivity index (χ0) is 15.1. The minimum Gasteiger partial charge on any atom is -0.497 e. The second kappa shape index (κ2) is 7.20. The average Bonchev–Trinajstić information content (AvgIpc) is 2.55. The highest BCUT2D eigenvalue weighted by Crippen LogP contribution is 2.11. The highest BCUT2D eigenvalue weighted by molar-refractivity contribution is 5.92. The fourth-order valence-electron chi connectivity index (χ4n) is 1.73. The van der Waals surface area contributed by atoms with E-state index in [1.54, 1.807) is 19.2 Å². The summed E-state index contributed by atoms with van der Waals surface area (Å²) in [5.74, 6) is 6.13. The minimum atomic E-state index is -0.264. The molecule has 1 heterocycles. The van der Waals surface area contributed by atoms with Gasteiger partial charge in [-0.2, -0.15) is 0 Å². The van der Waals surface area contributed by atoms with Crippen LogP contribution >= 0.6 is 0 Å². The van der Waals surface area contributed by atoms with Gasteiger partial charge in [0.15, 0.2) is 11.5 Å². The van der Waals surface area contributed by atoms with Gasteiger partial charge in [0.2, 0.25) is 0 Å². The van der Waals surface area contributed by atoms with Crippen molar-refractivity contribution in [2.45, 2.75) is 6.42 Å². The third kappa shape index (κ3) is 4.15. The minimum absolute atomic E-state index is 0.253. The number of hydrogen-bond donors (Lipinski definition) is 3. The smallest absolute Gasteiger partial charge is 0.271 e. The summed E-state index contributed by atoms with van der Waals surface area (Å²) < 4.78 is 5.09. The van der Waals surface area contributed by atoms with Crippen molar-refractivity contribution in [1.82, 2.24) is 15.5 Å². The third-order valence-corrected chi connectivity index (χ3v) is 2.90. The first-order valence-corrected chi connectivity index (χ1v) is 6.44. The normalized spacial score (nSPS) is 10.0. The SMILES string of the molecule is COc1ccc(CCNC(=O)c2ccc(NN)nn2)cc1. The number of carbonyl (C=O) groups excluding carboxylic acids is 1. The first-order valence-electron chi connectivity index (χ1n) is 6.44. The molecule has 0 atom stereocenters. The van der Waals surface area contributed by atoms with Crippen LogP contribution in [0.25, 0.3) is 0 Å². The van der Waals surface area contributed by atoms with Crippen molar-refractivity contribution in [2.75, 3.05) is 19.1 Å². The Morgan fingerprint density at radius 3 is 2.52 bits per heavy atom. The number of aromatic nitrogens is 2. The van der Waals surface area contributed by atoms with Crippen LogP contribution < -0.4 is 21.3 Å². The van der Waals surface area contributed by atoms with E-state index in [0.29, 0.717) is 12.4 Å². The summed E-state index contributed by atoms with van der Waals surface area (Å²) in [6.45, 7) is 0.518. The summed E-state index contributed by atoms with van der Waals surface area (Å²) in [6.07, 6.45) is 0.728. The summed E-state index contributed by atoms with van der Waals surface area (Å²) >= 11 is 0. The van der Waals surface area contributed by atoms with Gasteiger partial charge in [-0.3, -0.25) is 4.79 Å². The lowest BCUT2D eigenvalue weighted by Crippen LogP contribution is -2.27. The van der Waals surface area contributed by atoms with Crippen LogP contribution in [0.3, 0.4) is 0 Å². The quantitative estimate of drug-likeness (QED) is 0.535. The van der Waals surface area contributed by atoms with Crippen molar-refractivity contribution >= 4 is 11.7 Å². The molecule has 2 aromatic rings. The number of hydrazine groups is 1. The molecule has 0 aliphatic carbocycles. The first kappa shape index (κ1) is 14.7. The topological polar surface area (TPSA) is 102 Å². The number of ether oxygens (including phenoxy) is 1. The Kier molecular flexibility index (Phi) is 5.05. The van der Waals surface area contributed by atoms with Crippen LogP contribution in [0.1, 0.15) is 16.1 Å². The lowest BCUT2D eigenvalue weighted by molar-refractivity contribution is 0.0948. The van der Waals surface area contributed by atoms with Gasteiger partial charge in [-0.05, 0) is 36.2 Å². The molecule has 1 amide bonds. The summed E-state index contributed by atoms with van der Waals surface area (Å²) in [5.41, 5.74) is 3.72. The number of nitrogens with one attached hydrogen (secondary N) is 2. The van der Waals surface area contributed by atoms with Crippen molar-refractivity contribution in [1.29, 1.82) is 0 Å². The largest absolute Gasteiger partial charge is 0.497 e. The maximum Gasteiger partial charge on any atom is 0.271 e. The molecule has 7 heteroatoms. The summed E-state index contributed by atoms with van der Waals surface area (Å²) in [4.78, 5) is 11.8. The van der Waals surface area contributed by atoms with Crippen LogP contribution in [0.4, 0.5) is 5.82 Å². The van der Waals surface area contributed by atoms with Gasteiger partial charge in [0.25, 0.3) is 5.91 Å². The van der Waals surface area contributed by atoms with Gasteiger partial charge in [0, 0.05) is 6.54 Å². The molecule has 7 nitrogen and oxygen atoms in total. The lowest BCUT2D eigenvalue weighted by Gasteiger charge is -2.06. The fraction of sp³-hybridized carbons (Fsp3) is 0.214. The number of carbonyl (C=O) groups is 1. The van der Waals surface area contributed by atoms with Crippen LogP contribution in [0, 0.1) is 0 Å². The average molecular weight is 287 g/mol. The summed E-state index contributed by atoms with van der Waals surface area (Å²) in [6, 6.07) is 10.9. The second-order valence-corrected chi connectivity index (χ2v) is 4.30. The summed E-state index contributed by atoms with van der Waals surface area (Å²) in [7, 11) is 1.63. The number of nitrogen functional groups attached to an aromatic ring is 1. The van der Waals surface area contributed by atoms with E-state index < -0.39 is 0 Å². The Hall–Kier alpha value is -2.67.